The van der Waals surface area contributed by atoms with Crippen molar-refractivity contribution in [2.75, 3.05) is 0 Å². The molecule has 0 unspecified atom stereocenters. The van der Waals surface area contributed by atoms with Crippen LogP contribution in [0.1, 0.15) is 27.5 Å². The monoisotopic (exact) mass is 405 g/mol. The normalized spacial score (nSPS) is 15.6. The van der Waals surface area contributed by atoms with Gasteiger partial charge in [-0.15, -0.1) is 0 Å². The number of benzene rings is 3. The highest BCUT2D eigenvalue weighted by Crippen LogP contribution is 2.33. The number of halogens is 1. The van der Waals surface area contributed by atoms with E-state index in [9.17, 15) is 14.9 Å². The molecule has 29 heavy (non-hydrogen) atoms. The van der Waals surface area contributed by atoms with Crippen LogP contribution in [0, 0.1) is 10.1 Å². The van der Waals surface area contributed by atoms with Crippen molar-refractivity contribution in [3.8, 4) is 0 Å². The standard InChI is InChI=1S/C22H16ClN3O3/c23-18-12-11-17(13-21(18)26(28)29)22(27)25-20(16-9-5-2-6-10-16)14-19(24-25)15-7-3-1-4-8-15/h1-14,20,24H/t20-/m0/s1. The van der Waals surface area contributed by atoms with E-state index >= 15 is 0 Å². The van der Waals surface area contributed by atoms with E-state index in [1.54, 1.807) is 0 Å². The summed E-state index contributed by atoms with van der Waals surface area (Å²) >= 11 is 5.89. The molecule has 0 aliphatic carbocycles. The molecule has 3 aromatic rings. The molecule has 0 bridgehead atoms. The van der Waals surface area contributed by atoms with Crippen LogP contribution in [0.15, 0.2) is 84.9 Å². The number of hydrogen-bond acceptors (Lipinski definition) is 4. The van der Waals surface area contributed by atoms with Crippen LogP contribution >= 0.6 is 11.6 Å². The summed E-state index contributed by atoms with van der Waals surface area (Å²) < 4.78 is 0. The summed E-state index contributed by atoms with van der Waals surface area (Å²) in [5, 5.41) is 12.7. The molecule has 0 radical (unpaired) electrons. The minimum absolute atomic E-state index is 0.0105. The largest absolute Gasteiger partial charge is 0.295 e. The fourth-order valence-corrected chi connectivity index (χ4v) is 3.43. The molecule has 0 saturated heterocycles. The molecule has 1 aliphatic rings. The van der Waals surface area contributed by atoms with Gasteiger partial charge in [0.25, 0.3) is 11.6 Å². The molecule has 7 heteroatoms. The van der Waals surface area contributed by atoms with Crippen LogP contribution in [0.5, 0.6) is 0 Å². The summed E-state index contributed by atoms with van der Waals surface area (Å²) in [7, 11) is 0. The maximum Gasteiger partial charge on any atom is 0.288 e. The highest BCUT2D eigenvalue weighted by atomic mass is 35.5. The van der Waals surface area contributed by atoms with Gasteiger partial charge in [-0.3, -0.25) is 20.3 Å². The van der Waals surface area contributed by atoms with Gasteiger partial charge in [-0.25, -0.2) is 5.01 Å². The Hall–Kier alpha value is -3.64. The first-order valence-electron chi connectivity index (χ1n) is 8.91. The third-order valence-electron chi connectivity index (χ3n) is 4.68. The van der Waals surface area contributed by atoms with Crippen molar-refractivity contribution in [1.82, 2.24) is 10.4 Å². The van der Waals surface area contributed by atoms with E-state index in [2.05, 4.69) is 5.43 Å². The summed E-state index contributed by atoms with van der Waals surface area (Å²) in [6.07, 6.45) is 1.97. The van der Waals surface area contributed by atoms with Gasteiger partial charge >= 0.3 is 0 Å². The summed E-state index contributed by atoms with van der Waals surface area (Å²) in [5.41, 5.74) is 5.68. The van der Waals surface area contributed by atoms with Crippen LogP contribution < -0.4 is 5.43 Å². The highest BCUT2D eigenvalue weighted by Gasteiger charge is 2.32. The van der Waals surface area contributed by atoms with Crippen LogP contribution in [-0.2, 0) is 0 Å². The average Bonchev–Trinajstić information content (AvgIpc) is 3.20. The number of carbonyl (C=O) groups is 1. The van der Waals surface area contributed by atoms with Gasteiger partial charge < -0.3 is 0 Å². The van der Waals surface area contributed by atoms with Gasteiger partial charge in [-0.05, 0) is 29.3 Å². The summed E-state index contributed by atoms with van der Waals surface area (Å²) in [4.78, 5) is 23.9. The molecule has 0 aromatic heterocycles. The van der Waals surface area contributed by atoms with E-state index in [4.69, 9.17) is 11.6 Å². The minimum Gasteiger partial charge on any atom is -0.295 e. The van der Waals surface area contributed by atoms with Gasteiger partial charge in [-0.1, -0.05) is 72.3 Å². The lowest BCUT2D eigenvalue weighted by atomic mass is 10.0. The van der Waals surface area contributed by atoms with E-state index < -0.39 is 4.92 Å². The van der Waals surface area contributed by atoms with Crippen molar-refractivity contribution in [1.29, 1.82) is 0 Å². The Bertz CT molecular complexity index is 1100. The second-order valence-corrected chi connectivity index (χ2v) is 6.92. The first kappa shape index (κ1) is 18.7. The Labute approximate surface area is 172 Å². The Kier molecular flexibility index (Phi) is 5.01. The maximum absolute atomic E-state index is 13.3. The zero-order chi connectivity index (χ0) is 20.4. The van der Waals surface area contributed by atoms with E-state index in [0.29, 0.717) is 0 Å². The van der Waals surface area contributed by atoms with Gasteiger partial charge in [-0.2, -0.15) is 0 Å². The molecule has 1 aliphatic heterocycles. The Balaban J connectivity index is 1.73. The molecule has 0 saturated carbocycles. The third kappa shape index (κ3) is 3.70. The first-order chi connectivity index (χ1) is 14.0. The lowest BCUT2D eigenvalue weighted by molar-refractivity contribution is -0.384. The van der Waals surface area contributed by atoms with Gasteiger partial charge in [0.1, 0.15) is 5.02 Å². The molecule has 1 atom stereocenters. The predicted octanol–water partition coefficient (Wildman–Crippen LogP) is 4.99. The number of nitrogens with one attached hydrogen (secondary N) is 1. The smallest absolute Gasteiger partial charge is 0.288 e. The SMILES string of the molecule is O=C(c1ccc(Cl)c([N+](=O)[O-])c1)N1NC(c2ccccc2)=C[C@H]1c1ccccc1. The van der Waals surface area contributed by atoms with Crippen molar-refractivity contribution in [2.45, 2.75) is 6.04 Å². The molecular formula is C22H16ClN3O3. The minimum atomic E-state index is -0.598. The van der Waals surface area contributed by atoms with Crippen LogP contribution in [0.25, 0.3) is 5.70 Å². The number of carbonyl (C=O) groups excluding carboxylic acids is 1. The number of rotatable bonds is 4. The maximum atomic E-state index is 13.3. The van der Waals surface area contributed by atoms with Crippen LogP contribution in [0.4, 0.5) is 5.69 Å². The van der Waals surface area contributed by atoms with Crippen molar-refractivity contribution in [2.24, 2.45) is 0 Å². The molecule has 0 spiro atoms. The predicted molar refractivity (Wildman–Crippen MR) is 111 cm³/mol. The van der Waals surface area contributed by atoms with Crippen LogP contribution in [0.2, 0.25) is 5.02 Å². The van der Waals surface area contributed by atoms with Gasteiger partial charge in [0.05, 0.1) is 16.7 Å². The summed E-state index contributed by atoms with van der Waals surface area (Å²) in [6, 6.07) is 22.9. The van der Waals surface area contributed by atoms with Crippen molar-refractivity contribution >= 4 is 28.9 Å². The van der Waals surface area contributed by atoms with Gasteiger partial charge in [0, 0.05) is 11.6 Å². The third-order valence-corrected chi connectivity index (χ3v) is 5.00. The van der Waals surface area contributed by atoms with E-state index in [1.807, 2.05) is 66.7 Å². The molecule has 1 heterocycles. The Morgan fingerprint density at radius 2 is 1.66 bits per heavy atom. The van der Waals surface area contributed by atoms with Crippen LogP contribution in [-0.4, -0.2) is 15.8 Å². The fraction of sp³-hybridized carbons (Fsp3) is 0.0455. The number of amides is 1. The number of nitro groups is 1. The first-order valence-corrected chi connectivity index (χ1v) is 9.29. The molecule has 4 rings (SSSR count). The lowest BCUT2D eigenvalue weighted by Gasteiger charge is -2.25. The van der Waals surface area contributed by atoms with Gasteiger partial charge in [0.15, 0.2) is 0 Å². The van der Waals surface area contributed by atoms with Gasteiger partial charge in [0.2, 0.25) is 0 Å². The molecule has 1 amide bonds. The summed E-state index contributed by atoms with van der Waals surface area (Å²) in [6.45, 7) is 0. The Morgan fingerprint density at radius 1 is 1.00 bits per heavy atom. The van der Waals surface area contributed by atoms with Crippen molar-refractivity contribution in [3.63, 3.8) is 0 Å². The quantitative estimate of drug-likeness (QED) is 0.490. The second kappa shape index (κ2) is 7.77. The zero-order valence-corrected chi connectivity index (χ0v) is 15.9. The lowest BCUT2D eigenvalue weighted by Crippen LogP contribution is -2.39. The molecule has 0 fully saturated rings. The van der Waals surface area contributed by atoms with E-state index in [0.717, 1.165) is 16.8 Å². The molecule has 3 aromatic carbocycles. The number of nitrogens with zero attached hydrogens (tertiary/aromatic N) is 2. The zero-order valence-electron chi connectivity index (χ0n) is 15.2. The molecule has 1 N–H and O–H groups in total. The molecule has 6 nitrogen and oxygen atoms in total. The molecule has 144 valence electrons. The topological polar surface area (TPSA) is 75.5 Å². The molecular weight excluding hydrogens is 390 g/mol. The number of nitro benzene ring substituents is 1. The van der Waals surface area contributed by atoms with Crippen molar-refractivity contribution < 1.29 is 9.72 Å². The second-order valence-electron chi connectivity index (χ2n) is 6.51. The fourth-order valence-electron chi connectivity index (χ4n) is 3.24. The number of hydrazine groups is 1. The Morgan fingerprint density at radius 3 is 2.31 bits per heavy atom. The summed E-state index contributed by atoms with van der Waals surface area (Å²) in [5.74, 6) is -0.388. The number of hydrogen-bond donors (Lipinski definition) is 1. The van der Waals surface area contributed by atoms with E-state index in [1.165, 1.54) is 23.2 Å². The van der Waals surface area contributed by atoms with Crippen LogP contribution in [0.3, 0.4) is 0 Å². The highest BCUT2D eigenvalue weighted by molar-refractivity contribution is 6.32. The average molecular weight is 406 g/mol. The van der Waals surface area contributed by atoms with E-state index in [-0.39, 0.29) is 28.2 Å². The van der Waals surface area contributed by atoms with Crippen molar-refractivity contribution in [3.05, 3.63) is 117 Å².